The molecule has 0 aliphatic rings. The van der Waals surface area contributed by atoms with Gasteiger partial charge in [-0.05, 0) is 48.9 Å². The Bertz CT molecular complexity index is 1870. The number of hydrogen-bond donors (Lipinski definition) is 2. The molecule has 5 aromatic rings. The van der Waals surface area contributed by atoms with E-state index in [4.69, 9.17) is 10.5 Å². The zero-order chi connectivity index (χ0) is 30.5. The second-order valence-electron chi connectivity index (χ2n) is 9.31. The van der Waals surface area contributed by atoms with Crippen LogP contribution in [0.25, 0.3) is 17.1 Å². The molecule has 5 rings (SSSR count). The number of hydrogen-bond acceptors (Lipinski definition) is 8. The Morgan fingerprint density at radius 3 is 2.40 bits per heavy atom. The molecule has 0 saturated carbocycles. The zero-order valence-corrected chi connectivity index (χ0v) is 24.2. The first kappa shape index (κ1) is 29.3. The van der Waals surface area contributed by atoms with Crippen LogP contribution in [0.5, 0.6) is 5.75 Å². The number of aromatic amines is 1. The number of carbonyl (C=O) groups is 1. The van der Waals surface area contributed by atoms with Crippen molar-refractivity contribution in [3.8, 4) is 22.8 Å². The Hall–Kier alpha value is -5.17. The highest BCUT2D eigenvalue weighted by Crippen LogP contribution is 2.30. The number of rotatable bonds is 10. The summed E-state index contributed by atoms with van der Waals surface area (Å²) in [6, 6.07) is 22.4. The van der Waals surface area contributed by atoms with Crippen LogP contribution in [0.2, 0.25) is 0 Å². The second-order valence-corrected chi connectivity index (χ2v) is 10.3. The average Bonchev–Trinajstić information content (AvgIpc) is 3.44. The molecule has 0 bridgehead atoms. The summed E-state index contributed by atoms with van der Waals surface area (Å²) in [6.45, 7) is 1.90. The van der Waals surface area contributed by atoms with Gasteiger partial charge in [0.1, 0.15) is 17.4 Å². The minimum absolute atomic E-state index is 0.104. The van der Waals surface area contributed by atoms with Gasteiger partial charge in [0.2, 0.25) is 5.91 Å². The third-order valence-corrected chi connectivity index (χ3v) is 7.60. The number of thioether (sulfide) groups is 1. The van der Waals surface area contributed by atoms with E-state index >= 15 is 4.39 Å². The van der Waals surface area contributed by atoms with Crippen LogP contribution >= 0.6 is 11.8 Å². The van der Waals surface area contributed by atoms with E-state index in [1.807, 2.05) is 30.3 Å². The molecule has 0 radical (unpaired) electrons. The van der Waals surface area contributed by atoms with Crippen LogP contribution in [0.3, 0.4) is 0 Å². The lowest BCUT2D eigenvalue weighted by molar-refractivity contribution is -0.116. The first-order valence-electron chi connectivity index (χ1n) is 13.3. The molecule has 2 aromatic heterocycles. The molecule has 0 unspecified atom stereocenters. The molecule has 0 spiro atoms. The van der Waals surface area contributed by atoms with Gasteiger partial charge in [0.25, 0.3) is 5.56 Å². The number of nitrogens with one attached hydrogen (secondary N) is 1. The van der Waals surface area contributed by atoms with E-state index in [1.54, 1.807) is 56.5 Å². The molecule has 3 aromatic carbocycles. The minimum Gasteiger partial charge on any atom is -0.497 e. The molecule has 2 heterocycles. The first-order valence-corrected chi connectivity index (χ1v) is 14.2. The van der Waals surface area contributed by atoms with Crippen molar-refractivity contribution in [2.75, 3.05) is 30.0 Å². The van der Waals surface area contributed by atoms with Crippen LogP contribution in [-0.2, 0) is 11.3 Å². The summed E-state index contributed by atoms with van der Waals surface area (Å²) in [5.41, 5.74) is 6.39. The lowest BCUT2D eigenvalue weighted by atomic mass is 10.2. The molecule has 0 atom stereocenters. The predicted octanol–water partition coefficient (Wildman–Crippen LogP) is 3.71. The monoisotopic (exact) mass is 601 g/mol. The maximum Gasteiger partial charge on any atom is 0.330 e. The van der Waals surface area contributed by atoms with Gasteiger partial charge >= 0.3 is 5.69 Å². The molecule has 3 N–H and O–H groups in total. The number of nitrogen functional groups attached to an aromatic ring is 1. The summed E-state index contributed by atoms with van der Waals surface area (Å²) in [7, 11) is 1.56. The van der Waals surface area contributed by atoms with Crippen LogP contribution in [0, 0.1) is 5.82 Å². The van der Waals surface area contributed by atoms with E-state index in [9.17, 15) is 14.4 Å². The van der Waals surface area contributed by atoms with Crippen molar-refractivity contribution in [2.45, 2.75) is 18.6 Å². The van der Waals surface area contributed by atoms with Gasteiger partial charge in [-0.1, -0.05) is 54.2 Å². The van der Waals surface area contributed by atoms with Crippen molar-refractivity contribution < 1.29 is 13.9 Å². The maximum absolute atomic E-state index is 15.0. The Labute approximate surface area is 249 Å². The van der Waals surface area contributed by atoms with E-state index in [1.165, 1.54) is 20.1 Å². The van der Waals surface area contributed by atoms with Gasteiger partial charge in [0, 0.05) is 12.1 Å². The molecule has 0 saturated heterocycles. The number of amides is 1. The first-order chi connectivity index (χ1) is 20.8. The summed E-state index contributed by atoms with van der Waals surface area (Å²) in [4.78, 5) is 42.6. The fourth-order valence-electron chi connectivity index (χ4n) is 4.57. The number of para-hydroxylation sites is 1. The molecule has 0 aliphatic carbocycles. The molecule has 43 heavy (non-hydrogen) atoms. The zero-order valence-electron chi connectivity index (χ0n) is 23.4. The summed E-state index contributed by atoms with van der Waals surface area (Å²) >= 11 is 1.03. The second kappa shape index (κ2) is 12.8. The van der Waals surface area contributed by atoms with Crippen LogP contribution in [0.15, 0.2) is 93.6 Å². The summed E-state index contributed by atoms with van der Waals surface area (Å²) < 4.78 is 23.0. The number of aromatic nitrogens is 5. The van der Waals surface area contributed by atoms with Gasteiger partial charge in [-0.3, -0.25) is 23.7 Å². The van der Waals surface area contributed by atoms with E-state index in [-0.39, 0.29) is 41.2 Å². The maximum atomic E-state index is 15.0. The summed E-state index contributed by atoms with van der Waals surface area (Å²) in [5.74, 6) is -0.272. The van der Waals surface area contributed by atoms with E-state index in [2.05, 4.69) is 15.2 Å². The topological polar surface area (TPSA) is 141 Å². The van der Waals surface area contributed by atoms with E-state index < -0.39 is 23.0 Å². The number of nitrogens with two attached hydrogens (primary N) is 1. The molecule has 0 aliphatic heterocycles. The van der Waals surface area contributed by atoms with Crippen molar-refractivity contribution in [1.29, 1.82) is 0 Å². The molecule has 13 heteroatoms. The van der Waals surface area contributed by atoms with Crippen molar-refractivity contribution >= 4 is 29.2 Å². The Morgan fingerprint density at radius 2 is 1.72 bits per heavy atom. The Morgan fingerprint density at radius 1 is 1.02 bits per heavy atom. The van der Waals surface area contributed by atoms with Crippen LogP contribution in [-0.4, -0.2) is 49.6 Å². The van der Waals surface area contributed by atoms with Gasteiger partial charge in [0.15, 0.2) is 16.7 Å². The lowest BCUT2D eigenvalue weighted by Gasteiger charge is -2.23. The molecule has 1 amide bonds. The smallest absolute Gasteiger partial charge is 0.330 e. The molecular weight excluding hydrogens is 573 g/mol. The lowest BCUT2D eigenvalue weighted by Crippen LogP contribution is -2.41. The number of benzene rings is 3. The molecular formula is C30H28FN7O4S. The Balaban J connectivity index is 1.46. The number of nitrogens with zero attached hydrogens (tertiary/aromatic N) is 5. The molecule has 11 nitrogen and oxygen atoms in total. The van der Waals surface area contributed by atoms with Crippen LogP contribution in [0.1, 0.15) is 12.5 Å². The fraction of sp³-hybridized carbons (Fsp3) is 0.167. The minimum atomic E-state index is -0.775. The van der Waals surface area contributed by atoms with Crippen molar-refractivity contribution in [3.05, 3.63) is 111 Å². The quantitative estimate of drug-likeness (QED) is 0.231. The SMILES string of the molecule is CCN(C(=O)CSc1nnc(-c2ccc(OC)cc2)n1-c1ccccc1F)c1c(N)n(Cc2ccccc2)c(=O)[nH]c1=O. The normalized spacial score (nSPS) is 11.0. The van der Waals surface area contributed by atoms with E-state index in [0.717, 1.165) is 17.3 Å². The number of anilines is 2. The number of methoxy groups -OCH3 is 1. The van der Waals surface area contributed by atoms with Crippen molar-refractivity contribution in [1.82, 2.24) is 24.3 Å². The number of carbonyl (C=O) groups excluding carboxylic acids is 1. The average molecular weight is 602 g/mol. The molecule has 0 fully saturated rings. The van der Waals surface area contributed by atoms with Crippen LogP contribution in [0.4, 0.5) is 15.9 Å². The number of halogens is 1. The standard InChI is InChI=1S/C30H28FN7O4S/c1-3-36(25-26(32)37(29(41)33-28(25)40)17-19-9-5-4-6-10-19)24(39)18-43-30-35-34-27(20-13-15-21(42-2)16-14-20)38(30)23-12-8-7-11-22(23)31/h4-16H,3,17-18,32H2,1-2H3,(H,33,40,41). The summed E-state index contributed by atoms with van der Waals surface area (Å²) in [6.07, 6.45) is 0. The number of ether oxygens (including phenoxy) is 1. The van der Waals surface area contributed by atoms with Gasteiger partial charge < -0.3 is 15.4 Å². The van der Waals surface area contributed by atoms with Crippen molar-refractivity contribution in [2.24, 2.45) is 0 Å². The fourth-order valence-corrected chi connectivity index (χ4v) is 5.39. The highest BCUT2D eigenvalue weighted by Gasteiger charge is 2.25. The Kier molecular flexibility index (Phi) is 8.71. The largest absolute Gasteiger partial charge is 0.497 e. The van der Waals surface area contributed by atoms with E-state index in [0.29, 0.717) is 17.1 Å². The molecule has 220 valence electrons. The van der Waals surface area contributed by atoms with Gasteiger partial charge in [0.05, 0.1) is 25.1 Å². The summed E-state index contributed by atoms with van der Waals surface area (Å²) in [5, 5.41) is 8.82. The third-order valence-electron chi connectivity index (χ3n) is 6.68. The van der Waals surface area contributed by atoms with Crippen LogP contribution < -0.4 is 26.6 Å². The highest BCUT2D eigenvalue weighted by atomic mass is 32.2. The van der Waals surface area contributed by atoms with Gasteiger partial charge in [-0.15, -0.1) is 10.2 Å². The predicted molar refractivity (Wildman–Crippen MR) is 163 cm³/mol. The van der Waals surface area contributed by atoms with Gasteiger partial charge in [-0.2, -0.15) is 0 Å². The van der Waals surface area contributed by atoms with Crippen molar-refractivity contribution in [3.63, 3.8) is 0 Å². The third kappa shape index (κ3) is 6.06. The number of H-pyrrole nitrogens is 1. The highest BCUT2D eigenvalue weighted by molar-refractivity contribution is 7.99. The van der Waals surface area contributed by atoms with Gasteiger partial charge in [-0.25, -0.2) is 9.18 Å².